The fourth-order valence-electron chi connectivity index (χ4n) is 2.71. The SMILES string of the molecule is CC[n+]1c(O)c2ccccc2[n+](CC(=O)c2ccc(Cl)cc2)c1O. The molecule has 3 rings (SSSR count). The van der Waals surface area contributed by atoms with Crippen LogP contribution in [0.15, 0.2) is 48.5 Å². The molecular formula is C18H17ClN2O3+2. The molecule has 0 saturated carbocycles. The molecule has 1 aromatic heterocycles. The van der Waals surface area contributed by atoms with Gasteiger partial charge in [0.2, 0.25) is 17.8 Å². The van der Waals surface area contributed by atoms with Gasteiger partial charge in [-0.25, -0.2) is 0 Å². The van der Waals surface area contributed by atoms with E-state index in [1.807, 2.05) is 0 Å². The van der Waals surface area contributed by atoms with Crippen LogP contribution in [0.3, 0.4) is 0 Å². The maximum Gasteiger partial charge on any atom is 0.632 e. The van der Waals surface area contributed by atoms with Gasteiger partial charge in [0.05, 0.1) is 0 Å². The number of rotatable bonds is 4. The third kappa shape index (κ3) is 2.78. The zero-order chi connectivity index (χ0) is 17.3. The van der Waals surface area contributed by atoms with Gasteiger partial charge in [-0.3, -0.25) is 4.79 Å². The number of para-hydroxylation sites is 1. The number of Topliss-reactive ketones (excluding diaryl/α,β-unsaturated/α-hetero) is 1. The van der Waals surface area contributed by atoms with Gasteiger partial charge in [-0.2, -0.15) is 0 Å². The Hall–Kier alpha value is -2.66. The van der Waals surface area contributed by atoms with Crippen LogP contribution in [0.25, 0.3) is 10.9 Å². The maximum atomic E-state index is 12.6. The number of carbonyl (C=O) groups is 1. The monoisotopic (exact) mass is 344 g/mol. The predicted octanol–water partition coefficient (Wildman–Crippen LogP) is 2.38. The second-order valence-electron chi connectivity index (χ2n) is 5.40. The molecule has 122 valence electrons. The highest BCUT2D eigenvalue weighted by Gasteiger charge is 2.33. The lowest BCUT2D eigenvalue weighted by atomic mass is 10.1. The Labute approximate surface area is 144 Å². The van der Waals surface area contributed by atoms with Gasteiger partial charge in [0, 0.05) is 16.7 Å². The summed E-state index contributed by atoms with van der Waals surface area (Å²) in [6.45, 7) is 2.13. The van der Waals surface area contributed by atoms with Crippen LogP contribution in [0.1, 0.15) is 17.3 Å². The summed E-state index contributed by atoms with van der Waals surface area (Å²) in [6.07, 6.45) is 0. The molecule has 2 aromatic carbocycles. The Bertz CT molecular complexity index is 924. The van der Waals surface area contributed by atoms with Crippen LogP contribution in [0.4, 0.5) is 0 Å². The molecule has 3 aromatic rings. The van der Waals surface area contributed by atoms with Gasteiger partial charge in [-0.05, 0) is 37.3 Å². The van der Waals surface area contributed by atoms with Crippen molar-refractivity contribution in [2.24, 2.45) is 0 Å². The van der Waals surface area contributed by atoms with E-state index in [1.54, 1.807) is 55.5 Å². The lowest BCUT2D eigenvalue weighted by Crippen LogP contribution is -2.49. The average molecular weight is 345 g/mol. The zero-order valence-electron chi connectivity index (χ0n) is 13.1. The summed E-state index contributed by atoms with van der Waals surface area (Å²) in [7, 11) is 0. The summed E-state index contributed by atoms with van der Waals surface area (Å²) in [6, 6.07) is 13.5. The second kappa shape index (κ2) is 6.45. The van der Waals surface area contributed by atoms with Crippen molar-refractivity contribution < 1.29 is 24.1 Å². The normalized spacial score (nSPS) is 10.9. The number of benzene rings is 2. The van der Waals surface area contributed by atoms with Crippen LogP contribution in [0.5, 0.6) is 11.9 Å². The molecule has 0 aliphatic heterocycles. The van der Waals surface area contributed by atoms with Gasteiger partial charge < -0.3 is 10.2 Å². The first-order chi connectivity index (χ1) is 11.5. The van der Waals surface area contributed by atoms with E-state index in [4.69, 9.17) is 11.6 Å². The smallest absolute Gasteiger partial charge is 0.459 e. The molecule has 0 unspecified atom stereocenters. The molecule has 5 nitrogen and oxygen atoms in total. The molecule has 0 saturated heterocycles. The van der Waals surface area contributed by atoms with E-state index >= 15 is 0 Å². The maximum absolute atomic E-state index is 12.6. The van der Waals surface area contributed by atoms with Crippen molar-refractivity contribution in [1.29, 1.82) is 0 Å². The van der Waals surface area contributed by atoms with Crippen LogP contribution in [-0.2, 0) is 13.1 Å². The first-order valence-electron chi connectivity index (χ1n) is 7.58. The summed E-state index contributed by atoms with van der Waals surface area (Å²) in [4.78, 5) is 12.6. The number of hydrogen-bond acceptors (Lipinski definition) is 3. The number of ketones is 1. The number of halogens is 1. The number of carbonyl (C=O) groups excluding carboxylic acids is 1. The Morgan fingerprint density at radius 2 is 1.71 bits per heavy atom. The van der Waals surface area contributed by atoms with E-state index in [9.17, 15) is 15.0 Å². The van der Waals surface area contributed by atoms with Gasteiger partial charge in [0.15, 0.2) is 11.9 Å². The molecule has 0 atom stereocenters. The number of aromatic hydroxyl groups is 2. The van der Waals surface area contributed by atoms with Crippen molar-refractivity contribution in [3.05, 3.63) is 59.1 Å². The van der Waals surface area contributed by atoms with Gasteiger partial charge in [0.25, 0.3) is 0 Å². The van der Waals surface area contributed by atoms with Gasteiger partial charge in [-0.1, -0.05) is 32.9 Å². The molecule has 6 heteroatoms. The van der Waals surface area contributed by atoms with Gasteiger partial charge in [-0.15, -0.1) is 0 Å². The Morgan fingerprint density at radius 3 is 2.38 bits per heavy atom. The highest BCUT2D eigenvalue weighted by atomic mass is 35.5. The molecule has 0 bridgehead atoms. The second-order valence-corrected chi connectivity index (χ2v) is 5.84. The van der Waals surface area contributed by atoms with E-state index in [0.29, 0.717) is 28.0 Å². The Morgan fingerprint density at radius 1 is 1.04 bits per heavy atom. The molecule has 24 heavy (non-hydrogen) atoms. The highest BCUT2D eigenvalue weighted by molar-refractivity contribution is 6.30. The summed E-state index contributed by atoms with van der Waals surface area (Å²) >= 11 is 5.85. The minimum atomic E-state index is -0.170. The number of nitrogens with zero attached hydrogens (tertiary/aromatic N) is 2. The summed E-state index contributed by atoms with van der Waals surface area (Å²) in [5.41, 5.74) is 1.09. The average Bonchev–Trinajstić information content (AvgIpc) is 2.59. The quantitative estimate of drug-likeness (QED) is 0.564. The lowest BCUT2D eigenvalue weighted by Gasteiger charge is -2.04. The topological polar surface area (TPSA) is 65.3 Å². The Balaban J connectivity index is 2.12. The third-order valence-corrected chi connectivity index (χ3v) is 4.21. The van der Waals surface area contributed by atoms with Crippen molar-refractivity contribution >= 4 is 28.3 Å². The lowest BCUT2D eigenvalue weighted by molar-refractivity contribution is -0.815. The van der Waals surface area contributed by atoms with Crippen LogP contribution in [0, 0.1) is 0 Å². The minimum absolute atomic E-state index is 0.0270. The van der Waals surface area contributed by atoms with Crippen molar-refractivity contribution in [3.8, 4) is 11.9 Å². The van der Waals surface area contributed by atoms with E-state index in [1.165, 1.54) is 9.13 Å². The van der Waals surface area contributed by atoms with E-state index in [-0.39, 0.29) is 24.2 Å². The fraction of sp³-hybridized carbons (Fsp3) is 0.167. The largest absolute Gasteiger partial charge is 0.632 e. The van der Waals surface area contributed by atoms with Gasteiger partial charge >= 0.3 is 11.9 Å². The van der Waals surface area contributed by atoms with Crippen molar-refractivity contribution in [2.45, 2.75) is 20.0 Å². The fourth-order valence-corrected chi connectivity index (χ4v) is 2.84. The molecule has 0 radical (unpaired) electrons. The summed E-state index contributed by atoms with van der Waals surface area (Å²) in [5, 5.41) is 22.0. The van der Waals surface area contributed by atoms with Crippen molar-refractivity contribution in [1.82, 2.24) is 0 Å². The number of aromatic nitrogens is 2. The number of hydrogen-bond donors (Lipinski definition) is 2. The molecule has 0 fully saturated rings. The first kappa shape index (κ1) is 16.2. The standard InChI is InChI=1S/C18H15ClN2O3/c1-2-20-17(23)14-5-3-4-6-15(14)21(18(20)24)11-16(22)12-7-9-13(19)10-8-12/h3-10H,2,11H2,1H3/p+2. The molecule has 0 spiro atoms. The molecule has 0 aliphatic carbocycles. The minimum Gasteiger partial charge on any atom is -0.459 e. The third-order valence-electron chi connectivity index (χ3n) is 3.96. The van der Waals surface area contributed by atoms with E-state index in [0.717, 1.165) is 0 Å². The van der Waals surface area contributed by atoms with Crippen molar-refractivity contribution in [3.63, 3.8) is 0 Å². The van der Waals surface area contributed by atoms with Crippen LogP contribution in [-0.4, -0.2) is 16.0 Å². The predicted molar refractivity (Wildman–Crippen MR) is 89.1 cm³/mol. The van der Waals surface area contributed by atoms with Crippen LogP contribution in [0.2, 0.25) is 5.02 Å². The molecule has 0 amide bonds. The van der Waals surface area contributed by atoms with Crippen LogP contribution >= 0.6 is 11.6 Å². The molecule has 2 N–H and O–H groups in total. The van der Waals surface area contributed by atoms with Gasteiger partial charge in [0.1, 0.15) is 0 Å². The molecule has 1 heterocycles. The molecule has 0 aliphatic rings. The first-order valence-corrected chi connectivity index (χ1v) is 7.95. The highest BCUT2D eigenvalue weighted by Crippen LogP contribution is 2.20. The number of fused-ring (bicyclic) bond motifs is 1. The van der Waals surface area contributed by atoms with Crippen molar-refractivity contribution in [2.75, 3.05) is 0 Å². The Kier molecular flexibility index (Phi) is 4.36. The van der Waals surface area contributed by atoms with E-state index < -0.39 is 0 Å². The summed E-state index contributed by atoms with van der Waals surface area (Å²) in [5.74, 6) is -0.189. The zero-order valence-corrected chi connectivity index (χ0v) is 13.9. The summed E-state index contributed by atoms with van der Waals surface area (Å²) < 4.78 is 2.85. The van der Waals surface area contributed by atoms with E-state index in [2.05, 4.69) is 0 Å². The van der Waals surface area contributed by atoms with Crippen LogP contribution < -0.4 is 9.13 Å². The molecular weight excluding hydrogens is 328 g/mol.